The van der Waals surface area contributed by atoms with E-state index < -0.39 is 9.84 Å². The lowest BCUT2D eigenvalue weighted by Gasteiger charge is -2.34. The molecule has 0 bridgehead atoms. The van der Waals surface area contributed by atoms with Crippen LogP contribution in [0.4, 0.5) is 0 Å². The zero-order valence-corrected chi connectivity index (χ0v) is 19.1. The van der Waals surface area contributed by atoms with Crippen molar-refractivity contribution in [3.63, 3.8) is 0 Å². The summed E-state index contributed by atoms with van der Waals surface area (Å²) >= 11 is 1.61. The third kappa shape index (κ3) is 5.50. The van der Waals surface area contributed by atoms with E-state index in [1.807, 2.05) is 40.6 Å². The Labute approximate surface area is 183 Å². The number of carbonyl (C=O) groups excluding carboxylic acids is 1. The maximum Gasteiger partial charge on any atom is 0.237 e. The average molecular weight is 447 g/mol. The predicted molar refractivity (Wildman–Crippen MR) is 121 cm³/mol. The van der Waals surface area contributed by atoms with Gasteiger partial charge in [0.1, 0.15) is 0 Å². The number of amides is 1. The molecule has 1 aliphatic heterocycles. The second-order valence-electron chi connectivity index (χ2n) is 8.62. The summed E-state index contributed by atoms with van der Waals surface area (Å²) in [6.45, 7) is 3.90. The van der Waals surface area contributed by atoms with Crippen LogP contribution in [-0.4, -0.2) is 54.8 Å². The van der Waals surface area contributed by atoms with Gasteiger partial charge in [0, 0.05) is 23.5 Å². The summed E-state index contributed by atoms with van der Waals surface area (Å²) in [5.74, 6) is 0.967. The number of rotatable bonds is 9. The molecule has 1 saturated carbocycles. The first-order valence-corrected chi connectivity index (χ1v) is 13.4. The number of hydrogen-bond acceptors (Lipinski definition) is 5. The lowest BCUT2D eigenvalue weighted by atomic mass is 10.1. The summed E-state index contributed by atoms with van der Waals surface area (Å²) in [4.78, 5) is 18.7. The fourth-order valence-electron chi connectivity index (χ4n) is 4.21. The second kappa shape index (κ2) is 9.20. The van der Waals surface area contributed by atoms with Crippen LogP contribution in [0.3, 0.4) is 0 Å². The van der Waals surface area contributed by atoms with E-state index in [0.717, 1.165) is 11.4 Å². The van der Waals surface area contributed by atoms with Crippen LogP contribution in [0.1, 0.15) is 42.7 Å². The fourth-order valence-corrected chi connectivity index (χ4v) is 6.64. The summed E-state index contributed by atoms with van der Waals surface area (Å²) in [5, 5.41) is 2.00. The van der Waals surface area contributed by atoms with Crippen molar-refractivity contribution in [1.29, 1.82) is 0 Å². The summed E-state index contributed by atoms with van der Waals surface area (Å²) in [7, 11) is -3.05. The molecule has 2 atom stereocenters. The van der Waals surface area contributed by atoms with Crippen LogP contribution in [0.5, 0.6) is 0 Å². The van der Waals surface area contributed by atoms with Gasteiger partial charge in [-0.3, -0.25) is 9.69 Å². The van der Waals surface area contributed by atoms with E-state index in [9.17, 15) is 13.2 Å². The topological polar surface area (TPSA) is 57.7 Å². The van der Waals surface area contributed by atoms with Crippen molar-refractivity contribution in [2.24, 2.45) is 5.92 Å². The quantitative estimate of drug-likeness (QED) is 0.589. The minimum absolute atomic E-state index is 0.0360. The molecule has 30 heavy (non-hydrogen) atoms. The van der Waals surface area contributed by atoms with E-state index >= 15 is 0 Å². The van der Waals surface area contributed by atoms with E-state index in [4.69, 9.17) is 0 Å². The van der Waals surface area contributed by atoms with Gasteiger partial charge in [0.05, 0.1) is 24.6 Å². The third-order valence-corrected chi connectivity index (χ3v) is 8.84. The van der Waals surface area contributed by atoms with Crippen LogP contribution >= 0.6 is 11.3 Å². The standard InChI is InChI=1S/C23H30N2O3S2/c1-18(20-6-3-2-4-7-20)24(14-19-9-10-19)16-23(26)25(15-22-8-5-12-29-22)21-11-13-30(27,28)17-21/h2-8,12,18-19,21H,9-11,13-17H2,1H3. The molecule has 1 aliphatic carbocycles. The number of benzene rings is 1. The first-order valence-electron chi connectivity index (χ1n) is 10.7. The van der Waals surface area contributed by atoms with Gasteiger partial charge < -0.3 is 4.90 Å². The Balaban J connectivity index is 1.52. The van der Waals surface area contributed by atoms with E-state index in [1.165, 1.54) is 18.4 Å². The molecule has 2 heterocycles. The maximum atomic E-state index is 13.5. The molecule has 0 N–H and O–H groups in total. The van der Waals surface area contributed by atoms with Gasteiger partial charge in [-0.1, -0.05) is 36.4 Å². The first-order chi connectivity index (χ1) is 14.4. The zero-order valence-electron chi connectivity index (χ0n) is 17.4. The molecule has 7 heteroatoms. The smallest absolute Gasteiger partial charge is 0.237 e. The monoisotopic (exact) mass is 446 g/mol. The second-order valence-corrected chi connectivity index (χ2v) is 11.9. The van der Waals surface area contributed by atoms with Gasteiger partial charge in [-0.2, -0.15) is 0 Å². The van der Waals surface area contributed by atoms with Gasteiger partial charge in [-0.15, -0.1) is 11.3 Å². The van der Waals surface area contributed by atoms with Crippen molar-refractivity contribution >= 4 is 27.1 Å². The minimum Gasteiger partial charge on any atom is -0.332 e. The number of sulfone groups is 1. The predicted octanol–water partition coefficient (Wildman–Crippen LogP) is 3.74. The highest BCUT2D eigenvalue weighted by molar-refractivity contribution is 7.91. The van der Waals surface area contributed by atoms with Gasteiger partial charge in [0.25, 0.3) is 0 Å². The molecule has 2 unspecified atom stereocenters. The molecule has 1 amide bonds. The highest BCUT2D eigenvalue weighted by Crippen LogP contribution is 2.33. The summed E-state index contributed by atoms with van der Waals surface area (Å²) in [6.07, 6.45) is 2.99. The van der Waals surface area contributed by atoms with Crippen molar-refractivity contribution in [2.75, 3.05) is 24.6 Å². The molecule has 2 aromatic rings. The SMILES string of the molecule is CC(c1ccccc1)N(CC(=O)N(Cc1cccs1)C1CCS(=O)(=O)C1)CC1CC1. The Kier molecular flexibility index (Phi) is 6.60. The van der Waals surface area contributed by atoms with Gasteiger partial charge in [-0.05, 0) is 49.1 Å². The zero-order chi connectivity index (χ0) is 21.1. The Morgan fingerprint density at radius 3 is 2.50 bits per heavy atom. The van der Waals surface area contributed by atoms with Crippen LogP contribution in [0, 0.1) is 5.92 Å². The molecule has 2 aliphatic rings. The van der Waals surface area contributed by atoms with E-state index in [0.29, 0.717) is 25.4 Å². The molecular formula is C23H30N2O3S2. The molecule has 2 fully saturated rings. The van der Waals surface area contributed by atoms with Crippen LogP contribution in [0.2, 0.25) is 0 Å². The molecular weight excluding hydrogens is 416 g/mol. The van der Waals surface area contributed by atoms with Gasteiger partial charge in [0.2, 0.25) is 5.91 Å². The van der Waals surface area contributed by atoms with Gasteiger partial charge >= 0.3 is 0 Å². The van der Waals surface area contributed by atoms with Crippen molar-refractivity contribution in [1.82, 2.24) is 9.80 Å². The molecule has 1 aromatic carbocycles. The highest BCUT2D eigenvalue weighted by Gasteiger charge is 2.36. The van der Waals surface area contributed by atoms with Crippen molar-refractivity contribution in [3.8, 4) is 0 Å². The normalized spacial score (nSPS) is 21.6. The molecule has 162 valence electrons. The Bertz CT molecular complexity index is 940. The van der Waals surface area contributed by atoms with Crippen molar-refractivity contribution < 1.29 is 13.2 Å². The molecule has 0 radical (unpaired) electrons. The fraction of sp³-hybridized carbons (Fsp3) is 0.522. The molecule has 1 aromatic heterocycles. The number of thiophene rings is 1. The number of hydrogen-bond donors (Lipinski definition) is 0. The van der Waals surface area contributed by atoms with E-state index in [2.05, 4.69) is 24.0 Å². The summed E-state index contributed by atoms with van der Waals surface area (Å²) in [6, 6.07) is 14.2. The van der Waals surface area contributed by atoms with E-state index in [1.54, 1.807) is 11.3 Å². The Morgan fingerprint density at radius 1 is 1.13 bits per heavy atom. The van der Waals surface area contributed by atoms with Crippen LogP contribution in [-0.2, 0) is 21.2 Å². The Morgan fingerprint density at radius 2 is 1.90 bits per heavy atom. The summed E-state index contributed by atoms with van der Waals surface area (Å²) in [5.41, 5.74) is 1.21. The lowest BCUT2D eigenvalue weighted by molar-refractivity contribution is -0.135. The van der Waals surface area contributed by atoms with Crippen molar-refractivity contribution in [2.45, 2.75) is 44.8 Å². The van der Waals surface area contributed by atoms with Gasteiger partial charge in [-0.25, -0.2) is 8.42 Å². The van der Waals surface area contributed by atoms with E-state index in [-0.39, 0.29) is 29.5 Å². The number of carbonyl (C=O) groups is 1. The van der Waals surface area contributed by atoms with Crippen LogP contribution in [0.25, 0.3) is 0 Å². The molecule has 5 nitrogen and oxygen atoms in total. The van der Waals surface area contributed by atoms with Gasteiger partial charge in [0.15, 0.2) is 9.84 Å². The highest BCUT2D eigenvalue weighted by atomic mass is 32.2. The lowest BCUT2D eigenvalue weighted by Crippen LogP contribution is -2.46. The van der Waals surface area contributed by atoms with Crippen LogP contribution < -0.4 is 0 Å². The Hall–Kier alpha value is -1.70. The average Bonchev–Trinajstić information content (AvgIpc) is 3.25. The summed E-state index contributed by atoms with van der Waals surface area (Å²) < 4.78 is 24.2. The molecule has 4 rings (SSSR count). The third-order valence-electron chi connectivity index (χ3n) is 6.23. The maximum absolute atomic E-state index is 13.5. The minimum atomic E-state index is -3.05. The molecule has 0 spiro atoms. The van der Waals surface area contributed by atoms with Crippen LogP contribution in [0.15, 0.2) is 47.8 Å². The molecule has 1 saturated heterocycles. The first kappa shape index (κ1) is 21.5. The largest absolute Gasteiger partial charge is 0.332 e. The van der Waals surface area contributed by atoms with Crippen molar-refractivity contribution in [3.05, 3.63) is 58.3 Å². The number of nitrogens with zero attached hydrogens (tertiary/aromatic N) is 2.